The molecule has 0 aliphatic carbocycles. The van der Waals surface area contributed by atoms with Crippen molar-refractivity contribution in [2.45, 2.75) is 46.5 Å². The number of unbranched alkanes of at least 4 members (excludes halogenated alkanes) is 1. The Bertz CT molecular complexity index is 438. The number of nitrogens with one attached hydrogen (secondary N) is 1. The van der Waals surface area contributed by atoms with Crippen LogP contribution in [-0.4, -0.2) is 11.7 Å². The van der Waals surface area contributed by atoms with Gasteiger partial charge in [-0.05, 0) is 31.4 Å². The zero-order chi connectivity index (χ0) is 14.3. The minimum atomic E-state index is 0.00744. The molecule has 1 N–H and O–H groups in total. The Labute approximate surface area is 115 Å². The zero-order valence-electron chi connectivity index (χ0n) is 12.0. The van der Waals surface area contributed by atoms with Gasteiger partial charge in [0.2, 0.25) is 5.91 Å². The van der Waals surface area contributed by atoms with Crippen LogP contribution >= 0.6 is 0 Å². The number of carbonyl (C=O) groups excluding carboxylic acids is 2. The summed E-state index contributed by atoms with van der Waals surface area (Å²) >= 11 is 0. The van der Waals surface area contributed by atoms with Gasteiger partial charge in [-0.3, -0.25) is 9.59 Å². The maximum Gasteiger partial charge on any atom is 0.224 e. The lowest BCUT2D eigenvalue weighted by molar-refractivity contribution is -0.116. The summed E-state index contributed by atoms with van der Waals surface area (Å²) in [4.78, 5) is 23.0. The molecule has 0 saturated carbocycles. The van der Waals surface area contributed by atoms with Crippen LogP contribution in [0.2, 0.25) is 0 Å². The van der Waals surface area contributed by atoms with Gasteiger partial charge in [0, 0.05) is 17.7 Å². The third-order valence-electron chi connectivity index (χ3n) is 2.99. The average Bonchev–Trinajstić information content (AvgIpc) is 2.34. The van der Waals surface area contributed by atoms with E-state index >= 15 is 0 Å². The fraction of sp³-hybridized carbons (Fsp3) is 0.500. The Morgan fingerprint density at radius 3 is 2.58 bits per heavy atom. The van der Waals surface area contributed by atoms with E-state index in [0.29, 0.717) is 23.6 Å². The molecule has 0 heterocycles. The molecule has 1 amide bonds. The number of Topliss-reactive ketones (excluding diaryl/α,β-unsaturated/α-hetero) is 1. The minimum absolute atomic E-state index is 0.00744. The number of ketones is 1. The van der Waals surface area contributed by atoms with Crippen LogP contribution in [0.15, 0.2) is 24.3 Å². The van der Waals surface area contributed by atoms with Crippen molar-refractivity contribution < 1.29 is 9.59 Å². The van der Waals surface area contributed by atoms with Gasteiger partial charge >= 0.3 is 0 Å². The van der Waals surface area contributed by atoms with E-state index in [1.54, 1.807) is 24.3 Å². The van der Waals surface area contributed by atoms with Crippen LogP contribution in [0.5, 0.6) is 0 Å². The largest absolute Gasteiger partial charge is 0.326 e. The first-order valence-corrected chi connectivity index (χ1v) is 6.90. The molecule has 19 heavy (non-hydrogen) atoms. The molecule has 0 fully saturated rings. The average molecular weight is 261 g/mol. The minimum Gasteiger partial charge on any atom is -0.326 e. The van der Waals surface area contributed by atoms with Gasteiger partial charge in [-0.25, -0.2) is 0 Å². The lowest BCUT2D eigenvalue weighted by atomic mass is 10.1. The molecule has 3 heteroatoms. The molecule has 0 atom stereocenters. The fourth-order valence-corrected chi connectivity index (χ4v) is 1.88. The topological polar surface area (TPSA) is 46.2 Å². The van der Waals surface area contributed by atoms with E-state index in [1.165, 1.54) is 6.92 Å². The van der Waals surface area contributed by atoms with Crippen LogP contribution in [-0.2, 0) is 4.79 Å². The van der Waals surface area contributed by atoms with Crippen LogP contribution in [0, 0.1) is 5.92 Å². The van der Waals surface area contributed by atoms with Crippen LogP contribution in [0.1, 0.15) is 56.8 Å². The molecular weight excluding hydrogens is 238 g/mol. The molecule has 1 aromatic carbocycles. The first kappa shape index (κ1) is 15.4. The van der Waals surface area contributed by atoms with Crippen LogP contribution in [0.3, 0.4) is 0 Å². The molecule has 1 rings (SSSR count). The van der Waals surface area contributed by atoms with E-state index in [1.807, 2.05) is 0 Å². The molecule has 3 nitrogen and oxygen atoms in total. The number of hydrogen-bond donors (Lipinski definition) is 1. The fourth-order valence-electron chi connectivity index (χ4n) is 1.88. The lowest BCUT2D eigenvalue weighted by Gasteiger charge is -2.07. The predicted octanol–water partition coefficient (Wildman–Crippen LogP) is 4.04. The maximum atomic E-state index is 11.7. The van der Waals surface area contributed by atoms with Crippen LogP contribution in [0.4, 0.5) is 5.69 Å². The number of carbonyl (C=O) groups is 2. The number of amides is 1. The van der Waals surface area contributed by atoms with Gasteiger partial charge in [0.1, 0.15) is 0 Å². The second kappa shape index (κ2) is 7.72. The first-order valence-electron chi connectivity index (χ1n) is 6.90. The van der Waals surface area contributed by atoms with Crippen molar-refractivity contribution in [1.82, 2.24) is 0 Å². The highest BCUT2D eigenvalue weighted by atomic mass is 16.1. The number of rotatable bonds is 7. The highest BCUT2D eigenvalue weighted by molar-refractivity contribution is 5.97. The summed E-state index contributed by atoms with van der Waals surface area (Å²) in [5.41, 5.74) is 1.32. The van der Waals surface area contributed by atoms with Crippen LogP contribution in [0.25, 0.3) is 0 Å². The Hall–Kier alpha value is -1.64. The summed E-state index contributed by atoms with van der Waals surface area (Å²) in [6.45, 7) is 5.90. The lowest BCUT2D eigenvalue weighted by Crippen LogP contribution is -2.11. The van der Waals surface area contributed by atoms with Crippen molar-refractivity contribution in [2.24, 2.45) is 5.92 Å². The Morgan fingerprint density at radius 2 is 1.95 bits per heavy atom. The van der Waals surface area contributed by atoms with Gasteiger partial charge in [-0.1, -0.05) is 38.8 Å². The summed E-state index contributed by atoms with van der Waals surface area (Å²) in [7, 11) is 0. The molecule has 0 aliphatic heterocycles. The van der Waals surface area contributed by atoms with Crippen molar-refractivity contribution in [2.75, 3.05) is 5.32 Å². The number of hydrogen-bond acceptors (Lipinski definition) is 2. The molecule has 0 aromatic heterocycles. The monoisotopic (exact) mass is 261 g/mol. The summed E-state index contributed by atoms with van der Waals surface area (Å²) in [5.74, 6) is 0.716. The van der Waals surface area contributed by atoms with Crippen molar-refractivity contribution in [3.05, 3.63) is 29.8 Å². The number of benzene rings is 1. The van der Waals surface area contributed by atoms with Crippen LogP contribution < -0.4 is 5.32 Å². The molecule has 1 aromatic rings. The molecule has 0 aliphatic rings. The molecule has 0 bridgehead atoms. The Morgan fingerprint density at radius 1 is 1.21 bits per heavy atom. The highest BCUT2D eigenvalue weighted by Gasteiger charge is 2.05. The molecule has 0 radical (unpaired) electrons. The highest BCUT2D eigenvalue weighted by Crippen LogP contribution is 2.13. The quantitative estimate of drug-likeness (QED) is 0.594. The molecule has 104 valence electrons. The van der Waals surface area contributed by atoms with Crippen molar-refractivity contribution in [3.8, 4) is 0 Å². The Balaban J connectivity index is 2.40. The smallest absolute Gasteiger partial charge is 0.224 e. The summed E-state index contributed by atoms with van der Waals surface area (Å²) in [6.07, 6.45) is 3.69. The van der Waals surface area contributed by atoms with E-state index in [-0.39, 0.29) is 11.7 Å². The maximum absolute atomic E-state index is 11.7. The molecule has 0 unspecified atom stereocenters. The second-order valence-corrected chi connectivity index (χ2v) is 5.32. The van der Waals surface area contributed by atoms with E-state index < -0.39 is 0 Å². The predicted molar refractivity (Wildman–Crippen MR) is 78.4 cm³/mol. The van der Waals surface area contributed by atoms with Crippen molar-refractivity contribution in [3.63, 3.8) is 0 Å². The Kier molecular flexibility index (Phi) is 6.26. The van der Waals surface area contributed by atoms with Gasteiger partial charge in [0.25, 0.3) is 0 Å². The van der Waals surface area contributed by atoms with E-state index in [9.17, 15) is 9.59 Å². The normalized spacial score (nSPS) is 10.5. The SMILES string of the molecule is CC(=O)c1cccc(NC(=O)CCCCC(C)C)c1. The van der Waals surface area contributed by atoms with Crippen molar-refractivity contribution >= 4 is 17.4 Å². The molecule has 0 spiro atoms. The van der Waals surface area contributed by atoms with Gasteiger partial charge in [-0.2, -0.15) is 0 Å². The van der Waals surface area contributed by atoms with E-state index in [0.717, 1.165) is 19.3 Å². The third-order valence-corrected chi connectivity index (χ3v) is 2.99. The third kappa shape index (κ3) is 6.18. The molecular formula is C16H23NO2. The van der Waals surface area contributed by atoms with Crippen molar-refractivity contribution in [1.29, 1.82) is 0 Å². The standard InChI is InChI=1S/C16H23NO2/c1-12(2)7-4-5-10-16(19)17-15-9-6-8-14(11-15)13(3)18/h6,8-9,11-12H,4-5,7,10H2,1-3H3,(H,17,19). The van der Waals surface area contributed by atoms with E-state index in [4.69, 9.17) is 0 Å². The van der Waals surface area contributed by atoms with Gasteiger partial charge in [-0.15, -0.1) is 0 Å². The summed E-state index contributed by atoms with van der Waals surface area (Å²) < 4.78 is 0. The van der Waals surface area contributed by atoms with Gasteiger partial charge in [0.15, 0.2) is 5.78 Å². The second-order valence-electron chi connectivity index (χ2n) is 5.32. The number of anilines is 1. The van der Waals surface area contributed by atoms with Gasteiger partial charge < -0.3 is 5.32 Å². The van der Waals surface area contributed by atoms with Gasteiger partial charge in [0.05, 0.1) is 0 Å². The summed E-state index contributed by atoms with van der Waals surface area (Å²) in [6, 6.07) is 7.05. The zero-order valence-corrected chi connectivity index (χ0v) is 12.0. The van der Waals surface area contributed by atoms with E-state index in [2.05, 4.69) is 19.2 Å². The molecule has 0 saturated heterocycles. The first-order chi connectivity index (χ1) is 8.99. The summed E-state index contributed by atoms with van der Waals surface area (Å²) in [5, 5.41) is 2.83.